The highest BCUT2D eigenvalue weighted by Crippen LogP contribution is 2.54. The average Bonchev–Trinajstić information content (AvgIpc) is 2.59. The molecule has 1 fully saturated rings. The quantitative estimate of drug-likeness (QED) is 0.663. The van der Waals surface area contributed by atoms with Crippen LogP contribution in [0.25, 0.3) is 12.2 Å². The maximum absolute atomic E-state index is 10.7. The number of hydrogen-bond donors (Lipinski definition) is 2. The topological polar surface area (TPSA) is 49.7 Å². The molecule has 1 saturated carbocycles. The molecule has 2 N–H and O–H groups in total. The van der Waals surface area contributed by atoms with Crippen LogP contribution >= 0.6 is 0 Å². The fraction of sp³-hybridized carbons (Fsp3) is 0.417. The predicted molar refractivity (Wildman–Crippen MR) is 109 cm³/mol. The van der Waals surface area contributed by atoms with Crippen LogP contribution in [0.2, 0.25) is 0 Å². The van der Waals surface area contributed by atoms with E-state index >= 15 is 0 Å². The predicted octanol–water partition coefficient (Wildman–Crippen LogP) is 5.79. The number of ether oxygens (including phenoxy) is 1. The van der Waals surface area contributed by atoms with E-state index in [1.54, 1.807) is 12.1 Å². The second-order valence-electron chi connectivity index (χ2n) is 8.96. The average molecular weight is 364 g/mol. The standard InChI is InChI=1S/C24H28O3/c1-23(2)11-4-12-24(3)22(23)15-19-20(26)13-17(14-21(19)27-24)6-5-16-7-9-18(25)10-8-16/h5-10,13-14,22,25-26H,4,11-12,15H2,1-3H3/t22-,24+/m1/s1. The van der Waals surface area contributed by atoms with Crippen LogP contribution in [0.15, 0.2) is 36.4 Å². The molecular weight excluding hydrogens is 336 g/mol. The number of aromatic hydroxyl groups is 2. The third-order valence-electron chi connectivity index (χ3n) is 6.50. The molecule has 0 bridgehead atoms. The first-order valence-electron chi connectivity index (χ1n) is 9.79. The van der Waals surface area contributed by atoms with E-state index < -0.39 is 0 Å². The lowest BCUT2D eigenvalue weighted by molar-refractivity contribution is -0.0819. The molecule has 1 heterocycles. The van der Waals surface area contributed by atoms with Gasteiger partial charge < -0.3 is 14.9 Å². The van der Waals surface area contributed by atoms with Crippen molar-refractivity contribution in [3.63, 3.8) is 0 Å². The number of hydrogen-bond acceptors (Lipinski definition) is 3. The lowest BCUT2D eigenvalue weighted by atomic mass is 9.59. The summed E-state index contributed by atoms with van der Waals surface area (Å²) >= 11 is 0. The molecule has 4 rings (SSSR count). The van der Waals surface area contributed by atoms with Crippen LogP contribution in [-0.4, -0.2) is 15.8 Å². The van der Waals surface area contributed by atoms with E-state index in [1.807, 2.05) is 36.4 Å². The van der Waals surface area contributed by atoms with Crippen molar-refractivity contribution in [3.8, 4) is 17.2 Å². The first-order valence-corrected chi connectivity index (χ1v) is 9.79. The minimum Gasteiger partial charge on any atom is -0.508 e. The zero-order valence-electron chi connectivity index (χ0n) is 16.3. The molecule has 142 valence electrons. The second-order valence-corrected chi connectivity index (χ2v) is 8.96. The lowest BCUT2D eigenvalue weighted by Gasteiger charge is -2.53. The third-order valence-corrected chi connectivity index (χ3v) is 6.50. The molecule has 0 saturated heterocycles. The van der Waals surface area contributed by atoms with Crippen molar-refractivity contribution >= 4 is 12.2 Å². The van der Waals surface area contributed by atoms with Crippen LogP contribution < -0.4 is 4.74 Å². The zero-order valence-corrected chi connectivity index (χ0v) is 16.3. The molecule has 0 amide bonds. The van der Waals surface area contributed by atoms with Crippen LogP contribution in [-0.2, 0) is 6.42 Å². The summed E-state index contributed by atoms with van der Waals surface area (Å²) in [5.41, 5.74) is 2.90. The Morgan fingerprint density at radius 1 is 0.963 bits per heavy atom. The summed E-state index contributed by atoms with van der Waals surface area (Å²) in [6, 6.07) is 10.9. The van der Waals surface area contributed by atoms with Gasteiger partial charge >= 0.3 is 0 Å². The lowest BCUT2D eigenvalue weighted by Crippen LogP contribution is -2.53. The van der Waals surface area contributed by atoms with Crippen LogP contribution in [0.3, 0.4) is 0 Å². The molecular formula is C24H28O3. The largest absolute Gasteiger partial charge is 0.508 e. The van der Waals surface area contributed by atoms with Crippen molar-refractivity contribution in [2.45, 2.75) is 52.1 Å². The Labute approximate surface area is 161 Å². The molecule has 1 aliphatic carbocycles. The van der Waals surface area contributed by atoms with Gasteiger partial charge in [0.25, 0.3) is 0 Å². The van der Waals surface area contributed by atoms with Crippen LogP contribution in [0, 0.1) is 11.3 Å². The highest BCUT2D eigenvalue weighted by Gasteiger charge is 2.51. The van der Waals surface area contributed by atoms with Gasteiger partial charge in [-0.05, 0) is 73.4 Å². The fourth-order valence-corrected chi connectivity index (χ4v) is 4.96. The molecule has 1 aliphatic heterocycles. The van der Waals surface area contributed by atoms with Crippen molar-refractivity contribution in [1.29, 1.82) is 0 Å². The second kappa shape index (κ2) is 6.33. The summed E-state index contributed by atoms with van der Waals surface area (Å²) in [6.07, 6.45) is 8.26. The van der Waals surface area contributed by atoms with Gasteiger partial charge in [0.05, 0.1) is 0 Å². The van der Waals surface area contributed by atoms with Gasteiger partial charge in [0.2, 0.25) is 0 Å². The smallest absolute Gasteiger partial charge is 0.127 e. The normalized spacial score (nSPS) is 26.3. The molecule has 2 aromatic carbocycles. The Morgan fingerprint density at radius 3 is 2.41 bits per heavy atom. The van der Waals surface area contributed by atoms with Gasteiger partial charge in [-0.2, -0.15) is 0 Å². The van der Waals surface area contributed by atoms with Gasteiger partial charge in [0.1, 0.15) is 22.8 Å². The van der Waals surface area contributed by atoms with Crippen molar-refractivity contribution in [3.05, 3.63) is 53.1 Å². The van der Waals surface area contributed by atoms with Gasteiger partial charge in [-0.1, -0.05) is 38.1 Å². The van der Waals surface area contributed by atoms with E-state index in [2.05, 4.69) is 20.8 Å². The fourth-order valence-electron chi connectivity index (χ4n) is 4.96. The Morgan fingerprint density at radius 2 is 1.67 bits per heavy atom. The van der Waals surface area contributed by atoms with Crippen molar-refractivity contribution in [2.24, 2.45) is 11.3 Å². The van der Waals surface area contributed by atoms with E-state index in [-0.39, 0.29) is 16.8 Å². The van der Waals surface area contributed by atoms with E-state index in [4.69, 9.17) is 4.74 Å². The minimum atomic E-state index is -0.166. The molecule has 0 aromatic heterocycles. The van der Waals surface area contributed by atoms with Crippen LogP contribution in [0.1, 0.15) is 56.7 Å². The monoisotopic (exact) mass is 364 g/mol. The van der Waals surface area contributed by atoms with E-state index in [0.717, 1.165) is 35.3 Å². The first kappa shape index (κ1) is 18.0. The molecule has 2 aliphatic rings. The van der Waals surface area contributed by atoms with Gasteiger partial charge in [-0.25, -0.2) is 0 Å². The number of phenolic OH excluding ortho intramolecular Hbond substituents is 2. The summed E-state index contributed by atoms with van der Waals surface area (Å²) in [5, 5.41) is 20.1. The summed E-state index contributed by atoms with van der Waals surface area (Å²) in [6.45, 7) is 6.89. The molecule has 0 radical (unpaired) electrons. The van der Waals surface area contributed by atoms with Gasteiger partial charge in [0.15, 0.2) is 0 Å². The minimum absolute atomic E-state index is 0.166. The number of phenols is 2. The van der Waals surface area contributed by atoms with E-state index in [1.165, 1.54) is 12.8 Å². The molecule has 0 spiro atoms. The molecule has 2 aromatic rings. The third kappa shape index (κ3) is 3.31. The number of rotatable bonds is 2. The Hall–Kier alpha value is -2.42. The van der Waals surface area contributed by atoms with Gasteiger partial charge in [-0.15, -0.1) is 0 Å². The summed E-state index contributed by atoms with van der Waals surface area (Å²) in [4.78, 5) is 0. The Bertz CT molecular complexity index is 879. The maximum atomic E-state index is 10.7. The number of fused-ring (bicyclic) bond motifs is 2. The molecule has 0 unspecified atom stereocenters. The molecule has 27 heavy (non-hydrogen) atoms. The van der Waals surface area contributed by atoms with E-state index in [9.17, 15) is 10.2 Å². The zero-order chi connectivity index (χ0) is 19.2. The van der Waals surface area contributed by atoms with Crippen molar-refractivity contribution < 1.29 is 14.9 Å². The Kier molecular flexibility index (Phi) is 4.21. The molecule has 2 atom stereocenters. The molecule has 3 heteroatoms. The summed E-state index contributed by atoms with van der Waals surface area (Å²) < 4.78 is 6.52. The highest BCUT2D eigenvalue weighted by molar-refractivity contribution is 5.72. The van der Waals surface area contributed by atoms with Crippen LogP contribution in [0.5, 0.6) is 17.2 Å². The van der Waals surface area contributed by atoms with E-state index in [0.29, 0.717) is 11.7 Å². The molecule has 3 nitrogen and oxygen atoms in total. The van der Waals surface area contributed by atoms with Crippen molar-refractivity contribution in [2.75, 3.05) is 0 Å². The summed E-state index contributed by atoms with van der Waals surface area (Å²) in [7, 11) is 0. The van der Waals surface area contributed by atoms with Gasteiger partial charge in [-0.3, -0.25) is 0 Å². The Balaban J connectivity index is 1.66. The SMILES string of the molecule is CC1(C)CCC[C@]2(C)Oc3cc(C=Cc4ccc(O)cc4)cc(O)c3C[C@H]12. The van der Waals surface area contributed by atoms with Crippen molar-refractivity contribution in [1.82, 2.24) is 0 Å². The first-order chi connectivity index (χ1) is 12.8. The maximum Gasteiger partial charge on any atom is 0.127 e. The van der Waals surface area contributed by atoms with Gasteiger partial charge in [0, 0.05) is 11.5 Å². The van der Waals surface area contributed by atoms with Crippen LogP contribution in [0.4, 0.5) is 0 Å². The summed E-state index contributed by atoms with van der Waals surface area (Å²) in [5.74, 6) is 1.80. The number of benzene rings is 2. The highest BCUT2D eigenvalue weighted by atomic mass is 16.5.